The molecule has 2 amide bonds. The molecule has 3 rings (SSSR count). The number of hydrogen-bond acceptors (Lipinski definition) is 3. The van der Waals surface area contributed by atoms with E-state index in [9.17, 15) is 18.4 Å². The van der Waals surface area contributed by atoms with E-state index in [2.05, 4.69) is 0 Å². The van der Waals surface area contributed by atoms with E-state index in [0.29, 0.717) is 16.7 Å². The highest BCUT2D eigenvalue weighted by atomic mass is 35.5. The van der Waals surface area contributed by atoms with Gasteiger partial charge in [-0.05, 0) is 29.8 Å². The summed E-state index contributed by atoms with van der Waals surface area (Å²) in [7, 11) is 0. The van der Waals surface area contributed by atoms with Crippen molar-refractivity contribution in [1.29, 1.82) is 0 Å². The number of carbonyl (C=O) groups excluding carboxylic acids is 2. The summed E-state index contributed by atoms with van der Waals surface area (Å²) >= 11 is 7.12. The van der Waals surface area contributed by atoms with Crippen LogP contribution in [0, 0.1) is 11.6 Å². The molecule has 0 radical (unpaired) electrons. The summed E-state index contributed by atoms with van der Waals surface area (Å²) in [6, 6.07) is 9.23. The topological polar surface area (TPSA) is 37.4 Å². The van der Waals surface area contributed by atoms with Crippen LogP contribution in [0.2, 0.25) is 5.02 Å². The summed E-state index contributed by atoms with van der Waals surface area (Å²) in [5.74, 6) is -3.03. The number of amides is 2. The zero-order valence-electron chi connectivity index (χ0n) is 13.9. The fourth-order valence-corrected chi connectivity index (χ4v) is 3.72. The SMILES string of the molecule is CC(C)SC1=C(c2ccc(Cl)cc2)C(=O)N(c2ccc(F)cc2F)C1=O. The summed E-state index contributed by atoms with van der Waals surface area (Å²) < 4.78 is 27.4. The average Bonchev–Trinajstić information content (AvgIpc) is 2.79. The minimum atomic E-state index is -0.974. The molecule has 0 bridgehead atoms. The minimum Gasteiger partial charge on any atom is -0.268 e. The summed E-state index contributed by atoms with van der Waals surface area (Å²) in [6.45, 7) is 3.77. The Balaban J connectivity index is 2.12. The molecule has 134 valence electrons. The van der Waals surface area contributed by atoms with Gasteiger partial charge in [0.2, 0.25) is 0 Å². The molecular weight excluding hydrogens is 380 g/mol. The lowest BCUT2D eigenvalue weighted by atomic mass is 10.1. The minimum absolute atomic E-state index is 0.0297. The average molecular weight is 394 g/mol. The molecule has 0 atom stereocenters. The number of benzene rings is 2. The van der Waals surface area contributed by atoms with Crippen LogP contribution in [0.1, 0.15) is 19.4 Å². The van der Waals surface area contributed by atoms with E-state index in [4.69, 9.17) is 11.6 Å². The van der Waals surface area contributed by atoms with Crippen molar-refractivity contribution in [3.63, 3.8) is 0 Å². The van der Waals surface area contributed by atoms with Crippen LogP contribution in [0.3, 0.4) is 0 Å². The van der Waals surface area contributed by atoms with Gasteiger partial charge in [0, 0.05) is 16.3 Å². The predicted molar refractivity (Wildman–Crippen MR) is 100.0 cm³/mol. The molecule has 1 heterocycles. The number of hydrogen-bond donors (Lipinski definition) is 0. The Bertz CT molecular complexity index is 926. The molecular formula is C19H14ClF2NO2S. The van der Waals surface area contributed by atoms with Crippen LogP contribution in [0.15, 0.2) is 47.4 Å². The van der Waals surface area contributed by atoms with Crippen molar-refractivity contribution >= 4 is 46.4 Å². The van der Waals surface area contributed by atoms with Gasteiger partial charge < -0.3 is 0 Å². The number of carbonyl (C=O) groups is 2. The first-order valence-electron chi connectivity index (χ1n) is 7.80. The largest absolute Gasteiger partial charge is 0.272 e. The summed E-state index contributed by atoms with van der Waals surface area (Å²) in [4.78, 5) is 26.8. The maximum absolute atomic E-state index is 14.2. The van der Waals surface area contributed by atoms with E-state index in [1.54, 1.807) is 24.3 Å². The second-order valence-electron chi connectivity index (χ2n) is 5.92. The smallest absolute Gasteiger partial charge is 0.268 e. The van der Waals surface area contributed by atoms with E-state index in [0.717, 1.165) is 17.0 Å². The van der Waals surface area contributed by atoms with Crippen molar-refractivity contribution < 1.29 is 18.4 Å². The van der Waals surface area contributed by atoms with Gasteiger partial charge in [0.1, 0.15) is 11.6 Å². The second-order valence-corrected chi connectivity index (χ2v) is 7.94. The van der Waals surface area contributed by atoms with E-state index in [1.165, 1.54) is 11.8 Å². The van der Waals surface area contributed by atoms with Gasteiger partial charge in [-0.25, -0.2) is 13.7 Å². The third-order valence-electron chi connectivity index (χ3n) is 3.68. The molecule has 0 aromatic heterocycles. The van der Waals surface area contributed by atoms with Crippen LogP contribution < -0.4 is 4.90 Å². The van der Waals surface area contributed by atoms with E-state index in [-0.39, 0.29) is 21.4 Å². The normalized spacial score (nSPS) is 14.8. The lowest BCUT2D eigenvalue weighted by Gasteiger charge is -2.16. The predicted octanol–water partition coefficient (Wildman–Crippen LogP) is 5.04. The third kappa shape index (κ3) is 3.39. The van der Waals surface area contributed by atoms with Gasteiger partial charge in [0.15, 0.2) is 0 Å². The van der Waals surface area contributed by atoms with Crippen LogP contribution in [0.5, 0.6) is 0 Å². The van der Waals surface area contributed by atoms with Crippen LogP contribution in [0.25, 0.3) is 5.57 Å². The Hall–Kier alpha value is -2.18. The molecule has 2 aromatic carbocycles. The number of rotatable bonds is 4. The zero-order valence-corrected chi connectivity index (χ0v) is 15.5. The van der Waals surface area contributed by atoms with Crippen molar-refractivity contribution in [2.24, 2.45) is 0 Å². The Morgan fingerprint density at radius 1 is 1.00 bits per heavy atom. The van der Waals surface area contributed by atoms with Crippen LogP contribution in [0.4, 0.5) is 14.5 Å². The molecule has 1 aliphatic heterocycles. The van der Waals surface area contributed by atoms with Gasteiger partial charge >= 0.3 is 0 Å². The monoisotopic (exact) mass is 393 g/mol. The molecule has 7 heteroatoms. The van der Waals surface area contributed by atoms with Gasteiger partial charge in [0.25, 0.3) is 11.8 Å². The van der Waals surface area contributed by atoms with Crippen molar-refractivity contribution in [2.75, 3.05) is 4.90 Å². The van der Waals surface area contributed by atoms with Crippen molar-refractivity contribution in [2.45, 2.75) is 19.1 Å². The Kier molecular flexibility index (Phi) is 5.16. The Morgan fingerprint density at radius 3 is 2.23 bits per heavy atom. The highest BCUT2D eigenvalue weighted by Gasteiger charge is 2.41. The molecule has 26 heavy (non-hydrogen) atoms. The summed E-state index contributed by atoms with van der Waals surface area (Å²) in [5, 5.41) is 0.521. The van der Waals surface area contributed by atoms with E-state index in [1.807, 2.05) is 13.8 Å². The number of nitrogens with zero attached hydrogens (tertiary/aromatic N) is 1. The quantitative estimate of drug-likeness (QED) is 0.682. The van der Waals surface area contributed by atoms with E-state index < -0.39 is 23.4 Å². The van der Waals surface area contributed by atoms with Crippen molar-refractivity contribution in [3.05, 3.63) is 69.6 Å². The molecule has 0 N–H and O–H groups in total. The van der Waals surface area contributed by atoms with Crippen molar-refractivity contribution in [3.8, 4) is 0 Å². The number of imide groups is 1. The molecule has 0 aliphatic carbocycles. The fourth-order valence-electron chi connectivity index (χ4n) is 2.61. The maximum Gasteiger partial charge on any atom is 0.272 e. The summed E-state index contributed by atoms with van der Waals surface area (Å²) in [5.41, 5.74) is 0.433. The lowest BCUT2D eigenvalue weighted by Crippen LogP contribution is -2.32. The maximum atomic E-state index is 14.2. The van der Waals surface area contributed by atoms with Crippen LogP contribution in [-0.4, -0.2) is 17.1 Å². The summed E-state index contributed by atoms with van der Waals surface area (Å²) in [6.07, 6.45) is 0. The van der Waals surface area contributed by atoms with E-state index >= 15 is 0 Å². The second kappa shape index (κ2) is 7.21. The molecule has 1 aliphatic rings. The molecule has 0 fully saturated rings. The number of thioether (sulfide) groups is 1. The van der Waals surface area contributed by atoms with Crippen molar-refractivity contribution in [1.82, 2.24) is 0 Å². The zero-order chi connectivity index (χ0) is 19.0. The lowest BCUT2D eigenvalue weighted by molar-refractivity contribution is -0.119. The molecule has 0 unspecified atom stereocenters. The third-order valence-corrected chi connectivity index (χ3v) is 5.02. The van der Waals surface area contributed by atoms with Crippen LogP contribution >= 0.6 is 23.4 Å². The first-order valence-corrected chi connectivity index (χ1v) is 9.06. The number of anilines is 1. The fraction of sp³-hybridized carbons (Fsp3) is 0.158. The first-order chi connectivity index (χ1) is 12.3. The standard InChI is InChI=1S/C19H14ClF2NO2S/c1-10(2)26-17-16(11-3-5-12(20)6-4-11)18(24)23(19(17)25)15-8-7-13(21)9-14(15)22/h3-10H,1-2H3. The highest BCUT2D eigenvalue weighted by Crippen LogP contribution is 2.40. The molecule has 0 saturated carbocycles. The van der Waals surface area contributed by atoms with Gasteiger partial charge in [-0.2, -0.15) is 0 Å². The Morgan fingerprint density at radius 2 is 1.65 bits per heavy atom. The first kappa shape index (κ1) is 18.6. The van der Waals surface area contributed by atoms with Gasteiger partial charge in [-0.1, -0.05) is 37.6 Å². The highest BCUT2D eigenvalue weighted by molar-refractivity contribution is 8.04. The van der Waals surface area contributed by atoms with Crippen LogP contribution in [-0.2, 0) is 9.59 Å². The molecule has 2 aromatic rings. The molecule has 0 saturated heterocycles. The molecule has 0 spiro atoms. The number of halogens is 3. The van der Waals surface area contributed by atoms with Gasteiger partial charge in [-0.15, -0.1) is 11.8 Å². The molecule has 3 nitrogen and oxygen atoms in total. The van der Waals surface area contributed by atoms with Gasteiger partial charge in [0.05, 0.1) is 16.2 Å². The van der Waals surface area contributed by atoms with Gasteiger partial charge in [-0.3, -0.25) is 9.59 Å². The Labute approximate surface area is 158 Å².